The van der Waals surface area contributed by atoms with Gasteiger partial charge in [-0.15, -0.1) is 0 Å². The highest BCUT2D eigenvalue weighted by Crippen LogP contribution is 2.18. The van der Waals surface area contributed by atoms with Gasteiger partial charge in [-0.1, -0.05) is 19.9 Å². The monoisotopic (exact) mass is 266 g/mol. The third kappa shape index (κ3) is 4.03. The van der Waals surface area contributed by atoms with Crippen LogP contribution in [0, 0.1) is 18.2 Å². The molecular formula is C15H23FN2O. The maximum absolute atomic E-state index is 13.3. The molecule has 19 heavy (non-hydrogen) atoms. The fourth-order valence-electron chi connectivity index (χ4n) is 1.90. The van der Waals surface area contributed by atoms with E-state index in [1.807, 2.05) is 27.7 Å². The van der Waals surface area contributed by atoms with Crippen LogP contribution in [0.2, 0.25) is 0 Å². The maximum atomic E-state index is 13.3. The number of hydrogen-bond donors (Lipinski definition) is 1. The average Bonchev–Trinajstić information content (AvgIpc) is 2.38. The van der Waals surface area contributed by atoms with Crippen molar-refractivity contribution in [1.29, 1.82) is 0 Å². The molecule has 0 aromatic heterocycles. The Balaban J connectivity index is 2.99. The summed E-state index contributed by atoms with van der Waals surface area (Å²) in [5, 5.41) is 0. The summed E-state index contributed by atoms with van der Waals surface area (Å²) in [7, 11) is 0. The van der Waals surface area contributed by atoms with Gasteiger partial charge in [0.25, 0.3) is 5.91 Å². The van der Waals surface area contributed by atoms with Crippen molar-refractivity contribution in [2.45, 2.75) is 27.7 Å². The topological polar surface area (TPSA) is 46.3 Å². The van der Waals surface area contributed by atoms with Crippen LogP contribution in [0.5, 0.6) is 0 Å². The lowest BCUT2D eigenvalue weighted by Crippen LogP contribution is -2.42. The van der Waals surface area contributed by atoms with Crippen LogP contribution in [0.1, 0.15) is 36.7 Å². The third-order valence-corrected chi connectivity index (χ3v) is 3.27. The van der Waals surface area contributed by atoms with Gasteiger partial charge in [0.15, 0.2) is 0 Å². The molecule has 1 aromatic rings. The Hall–Kier alpha value is -1.42. The molecule has 0 fully saturated rings. The number of amides is 1. The number of aryl methyl sites for hydroxylation is 1. The summed E-state index contributed by atoms with van der Waals surface area (Å²) in [4.78, 5) is 14.2. The van der Waals surface area contributed by atoms with E-state index >= 15 is 0 Å². The molecule has 1 aromatic carbocycles. The summed E-state index contributed by atoms with van der Waals surface area (Å²) in [6.07, 6.45) is 0. The van der Waals surface area contributed by atoms with Crippen molar-refractivity contribution < 1.29 is 9.18 Å². The molecule has 2 N–H and O–H groups in total. The number of carbonyl (C=O) groups excluding carboxylic acids is 1. The van der Waals surface area contributed by atoms with E-state index < -0.39 is 0 Å². The van der Waals surface area contributed by atoms with Crippen LogP contribution in [0.3, 0.4) is 0 Å². The van der Waals surface area contributed by atoms with Crippen LogP contribution in [-0.4, -0.2) is 30.4 Å². The Morgan fingerprint density at radius 2 is 2.05 bits per heavy atom. The molecule has 4 heteroatoms. The van der Waals surface area contributed by atoms with E-state index in [2.05, 4.69) is 0 Å². The Morgan fingerprint density at radius 1 is 1.42 bits per heavy atom. The summed E-state index contributed by atoms with van der Waals surface area (Å²) < 4.78 is 13.3. The molecule has 1 amide bonds. The first kappa shape index (κ1) is 15.6. The smallest absolute Gasteiger partial charge is 0.254 e. The standard InChI is InChI=1S/C15H23FN2O/c1-5-18(10-15(3,4)9-17)14(19)13-8-12(16)7-6-11(13)2/h6-8H,5,9-10,17H2,1-4H3. The van der Waals surface area contributed by atoms with Gasteiger partial charge < -0.3 is 10.6 Å². The van der Waals surface area contributed by atoms with Crippen molar-refractivity contribution in [2.75, 3.05) is 19.6 Å². The van der Waals surface area contributed by atoms with Gasteiger partial charge >= 0.3 is 0 Å². The minimum atomic E-state index is -0.386. The van der Waals surface area contributed by atoms with Crippen molar-refractivity contribution in [3.8, 4) is 0 Å². The zero-order valence-electron chi connectivity index (χ0n) is 12.2. The largest absolute Gasteiger partial charge is 0.338 e. The zero-order valence-corrected chi connectivity index (χ0v) is 12.2. The molecule has 0 saturated carbocycles. The fraction of sp³-hybridized carbons (Fsp3) is 0.533. The van der Waals surface area contributed by atoms with Crippen LogP contribution >= 0.6 is 0 Å². The van der Waals surface area contributed by atoms with Gasteiger partial charge in [0, 0.05) is 18.7 Å². The van der Waals surface area contributed by atoms with Gasteiger partial charge in [0.2, 0.25) is 0 Å². The van der Waals surface area contributed by atoms with Crippen molar-refractivity contribution in [3.05, 3.63) is 35.1 Å². The third-order valence-electron chi connectivity index (χ3n) is 3.27. The van der Waals surface area contributed by atoms with Crippen molar-refractivity contribution in [2.24, 2.45) is 11.1 Å². The van der Waals surface area contributed by atoms with Crippen LogP contribution in [0.25, 0.3) is 0 Å². The second-order valence-corrected chi connectivity index (χ2v) is 5.65. The SMILES string of the molecule is CCN(CC(C)(C)CN)C(=O)c1cc(F)ccc1C. The predicted octanol–water partition coefficient (Wildman–Crippen LogP) is 2.58. The van der Waals surface area contributed by atoms with E-state index in [0.717, 1.165) is 5.56 Å². The number of nitrogens with two attached hydrogens (primary N) is 1. The highest BCUT2D eigenvalue weighted by molar-refractivity contribution is 5.95. The minimum absolute atomic E-state index is 0.138. The Bertz CT molecular complexity index is 457. The molecule has 0 unspecified atom stereocenters. The Morgan fingerprint density at radius 3 is 2.58 bits per heavy atom. The summed E-state index contributed by atoms with van der Waals surface area (Å²) in [6.45, 7) is 9.41. The summed E-state index contributed by atoms with van der Waals surface area (Å²) in [6, 6.07) is 4.30. The molecule has 0 atom stereocenters. The first-order valence-corrected chi connectivity index (χ1v) is 6.56. The fourth-order valence-corrected chi connectivity index (χ4v) is 1.90. The van der Waals surface area contributed by atoms with E-state index in [4.69, 9.17) is 5.73 Å². The molecule has 106 valence electrons. The maximum Gasteiger partial charge on any atom is 0.254 e. The number of benzene rings is 1. The predicted molar refractivity (Wildman–Crippen MR) is 75.5 cm³/mol. The molecule has 0 heterocycles. The average molecular weight is 266 g/mol. The van der Waals surface area contributed by atoms with Crippen molar-refractivity contribution >= 4 is 5.91 Å². The number of nitrogens with zero attached hydrogens (tertiary/aromatic N) is 1. The van der Waals surface area contributed by atoms with Gasteiger partial charge in [0.05, 0.1) is 0 Å². The van der Waals surface area contributed by atoms with Gasteiger partial charge in [-0.05, 0) is 43.5 Å². The molecule has 0 aliphatic carbocycles. The van der Waals surface area contributed by atoms with E-state index in [1.54, 1.807) is 11.0 Å². The molecule has 3 nitrogen and oxygen atoms in total. The highest BCUT2D eigenvalue weighted by atomic mass is 19.1. The Labute approximate surface area is 114 Å². The van der Waals surface area contributed by atoms with Crippen LogP contribution in [0.15, 0.2) is 18.2 Å². The summed E-state index contributed by atoms with van der Waals surface area (Å²) in [5.41, 5.74) is 6.77. The number of carbonyl (C=O) groups is 1. The lowest BCUT2D eigenvalue weighted by molar-refractivity contribution is 0.0699. The van der Waals surface area contributed by atoms with Crippen molar-refractivity contribution in [1.82, 2.24) is 4.90 Å². The molecule has 0 spiro atoms. The van der Waals surface area contributed by atoms with Gasteiger partial charge in [-0.25, -0.2) is 4.39 Å². The number of halogens is 1. The van der Waals surface area contributed by atoms with Crippen LogP contribution < -0.4 is 5.73 Å². The van der Waals surface area contributed by atoms with E-state index in [-0.39, 0.29) is 17.1 Å². The first-order valence-electron chi connectivity index (χ1n) is 6.56. The first-order chi connectivity index (χ1) is 8.80. The normalized spacial score (nSPS) is 11.5. The lowest BCUT2D eigenvalue weighted by atomic mass is 9.92. The second kappa shape index (κ2) is 6.15. The molecule has 1 rings (SSSR count). The summed E-state index contributed by atoms with van der Waals surface area (Å²) in [5.74, 6) is -0.524. The Kier molecular flexibility index (Phi) is 5.06. The second-order valence-electron chi connectivity index (χ2n) is 5.65. The summed E-state index contributed by atoms with van der Waals surface area (Å²) >= 11 is 0. The van der Waals surface area contributed by atoms with Gasteiger partial charge in [0.1, 0.15) is 5.82 Å². The molecule has 0 bridgehead atoms. The zero-order chi connectivity index (χ0) is 14.6. The molecule has 0 aliphatic rings. The number of rotatable bonds is 5. The molecule has 0 saturated heterocycles. The lowest BCUT2D eigenvalue weighted by Gasteiger charge is -2.31. The van der Waals surface area contributed by atoms with Crippen LogP contribution in [-0.2, 0) is 0 Å². The van der Waals surface area contributed by atoms with Crippen molar-refractivity contribution in [3.63, 3.8) is 0 Å². The van der Waals surface area contributed by atoms with E-state index in [0.29, 0.717) is 25.2 Å². The molecule has 0 radical (unpaired) electrons. The van der Waals surface area contributed by atoms with E-state index in [1.165, 1.54) is 12.1 Å². The van der Waals surface area contributed by atoms with Gasteiger partial charge in [-0.3, -0.25) is 4.79 Å². The highest BCUT2D eigenvalue weighted by Gasteiger charge is 2.24. The molecule has 0 aliphatic heterocycles. The van der Waals surface area contributed by atoms with E-state index in [9.17, 15) is 9.18 Å². The number of hydrogen-bond acceptors (Lipinski definition) is 2. The minimum Gasteiger partial charge on any atom is -0.338 e. The van der Waals surface area contributed by atoms with Crippen LogP contribution in [0.4, 0.5) is 4.39 Å². The van der Waals surface area contributed by atoms with Gasteiger partial charge in [-0.2, -0.15) is 0 Å². The molecular weight excluding hydrogens is 243 g/mol. The quantitative estimate of drug-likeness (QED) is 0.890.